The Balaban J connectivity index is 0. The first-order chi connectivity index (χ1) is 1.73. The van der Waals surface area contributed by atoms with Crippen LogP contribution in [0.4, 0.5) is 0 Å². The smallest absolute Gasteiger partial charge is 0.284 e. The topological polar surface area (TPSA) is 57.5 Å². The monoisotopic (exact) mass is 277 g/mol. The molecule has 0 amide bonds. The summed E-state index contributed by atoms with van der Waals surface area (Å²) in [6.45, 7) is 0. The third-order valence-electron chi connectivity index (χ3n) is 0. The van der Waals surface area contributed by atoms with Gasteiger partial charge in [0.15, 0.2) is 0 Å². The first-order valence-electron chi connectivity index (χ1n) is 0.532. The van der Waals surface area contributed by atoms with Gasteiger partial charge in [0.2, 0.25) is 0 Å². The zero-order valence-corrected chi connectivity index (χ0v) is 5.12. The Labute approximate surface area is 46.1 Å². The summed E-state index contributed by atoms with van der Waals surface area (Å²) in [7, 11) is 0. The second-order valence-electron chi connectivity index (χ2n) is 0.231. The Kier molecular flexibility index (Phi) is 8.78. The van der Waals surface area contributed by atoms with Gasteiger partial charge in [-0.1, -0.05) is 0 Å². The summed E-state index contributed by atoms with van der Waals surface area (Å²) in [5, 5.41) is 0. The Morgan fingerprint density at radius 3 is 1.40 bits per heavy atom. The maximum atomic E-state index is 8.67. The van der Waals surface area contributed by atoms with Crippen LogP contribution in [0.2, 0.25) is 0 Å². The van der Waals surface area contributed by atoms with Crippen LogP contribution in [0, 0.1) is 0 Å². The van der Waals surface area contributed by atoms with E-state index in [-0.39, 0.29) is 21.1 Å². The van der Waals surface area contributed by atoms with E-state index in [1.165, 1.54) is 0 Å². The molecule has 0 spiro atoms. The molecular formula is H2O3PtS+2. The molecule has 2 N–H and O–H groups in total. The third-order valence-corrected chi connectivity index (χ3v) is 0. The van der Waals surface area contributed by atoms with E-state index in [1.54, 1.807) is 0 Å². The molecule has 3 nitrogen and oxygen atoms in total. The van der Waals surface area contributed by atoms with Crippen molar-refractivity contribution in [2.45, 2.75) is 0 Å². The quantitative estimate of drug-likeness (QED) is 0.597. The minimum Gasteiger partial charge on any atom is -0.284 e. The number of rotatable bonds is 0. The van der Waals surface area contributed by atoms with Crippen molar-refractivity contribution in [1.82, 2.24) is 0 Å². The van der Waals surface area contributed by atoms with Crippen LogP contribution in [-0.2, 0) is 32.4 Å². The molecule has 0 aromatic heterocycles. The van der Waals surface area contributed by atoms with Crippen LogP contribution in [0.15, 0.2) is 0 Å². The standard InChI is InChI=1S/H2O3S.Pt/c1-4(2)3;/h(H2,1,2,3);/q;+2. The molecule has 0 aliphatic heterocycles. The van der Waals surface area contributed by atoms with E-state index in [1.807, 2.05) is 0 Å². The van der Waals surface area contributed by atoms with Crippen molar-refractivity contribution in [1.29, 1.82) is 0 Å². The summed E-state index contributed by atoms with van der Waals surface area (Å²) >= 11 is -2.61. The molecule has 0 aliphatic rings. The zero-order chi connectivity index (χ0) is 3.58. The van der Waals surface area contributed by atoms with Gasteiger partial charge in [-0.2, -0.15) is 4.21 Å². The average Bonchev–Trinajstić information content (AvgIpc) is 0.811. The minimum absolute atomic E-state index is 0. The fraction of sp³-hybridized carbons (Fsp3) is 0. The molecule has 0 saturated carbocycles. The number of hydrogen-bond donors (Lipinski definition) is 2. The molecule has 0 aromatic carbocycles. The molecule has 0 fully saturated rings. The van der Waals surface area contributed by atoms with Gasteiger partial charge in [0, 0.05) is 0 Å². The molecule has 5 heteroatoms. The molecule has 0 aromatic rings. The minimum atomic E-state index is -2.61. The summed E-state index contributed by atoms with van der Waals surface area (Å²) in [5.74, 6) is 0. The van der Waals surface area contributed by atoms with E-state index in [2.05, 4.69) is 0 Å². The Hall–Kier alpha value is 0.758. The summed E-state index contributed by atoms with van der Waals surface area (Å²) in [6, 6.07) is 0. The van der Waals surface area contributed by atoms with Crippen LogP contribution in [0.1, 0.15) is 0 Å². The van der Waals surface area contributed by atoms with Gasteiger partial charge in [-0.15, -0.1) is 0 Å². The van der Waals surface area contributed by atoms with Gasteiger partial charge >= 0.3 is 21.1 Å². The van der Waals surface area contributed by atoms with E-state index in [4.69, 9.17) is 13.3 Å². The Morgan fingerprint density at radius 2 is 1.40 bits per heavy atom. The van der Waals surface area contributed by atoms with Crippen molar-refractivity contribution in [3.63, 3.8) is 0 Å². The first-order valence-corrected chi connectivity index (χ1v) is 1.60. The van der Waals surface area contributed by atoms with E-state index < -0.39 is 11.4 Å². The predicted molar refractivity (Wildman–Crippen MR) is 13.4 cm³/mol. The van der Waals surface area contributed by atoms with Crippen LogP contribution >= 0.6 is 0 Å². The molecule has 0 unspecified atom stereocenters. The van der Waals surface area contributed by atoms with Gasteiger partial charge in [0.1, 0.15) is 0 Å². The molecule has 0 atom stereocenters. The van der Waals surface area contributed by atoms with Gasteiger partial charge in [-0.3, -0.25) is 9.11 Å². The summed E-state index contributed by atoms with van der Waals surface area (Å²) in [6.07, 6.45) is 0. The number of hydrogen-bond acceptors (Lipinski definition) is 1. The third kappa shape index (κ3) is 63.0. The average molecular weight is 277 g/mol. The van der Waals surface area contributed by atoms with Crippen molar-refractivity contribution < 1.29 is 34.4 Å². The fourth-order valence-electron chi connectivity index (χ4n) is 0. The van der Waals surface area contributed by atoms with Crippen LogP contribution in [0.3, 0.4) is 0 Å². The van der Waals surface area contributed by atoms with Gasteiger partial charge < -0.3 is 0 Å². The second kappa shape index (κ2) is 4.76. The summed E-state index contributed by atoms with van der Waals surface area (Å²) in [5.41, 5.74) is 0. The van der Waals surface area contributed by atoms with Gasteiger partial charge in [0.25, 0.3) is 11.4 Å². The molecular weight excluding hydrogens is 275 g/mol. The summed E-state index contributed by atoms with van der Waals surface area (Å²) < 4.78 is 22.8. The van der Waals surface area contributed by atoms with E-state index >= 15 is 0 Å². The van der Waals surface area contributed by atoms with Gasteiger partial charge in [0.05, 0.1) is 0 Å². The molecule has 0 saturated heterocycles. The molecule has 5 heavy (non-hydrogen) atoms. The van der Waals surface area contributed by atoms with Crippen molar-refractivity contribution in [3.05, 3.63) is 0 Å². The van der Waals surface area contributed by atoms with E-state index in [9.17, 15) is 0 Å². The van der Waals surface area contributed by atoms with Crippen molar-refractivity contribution in [3.8, 4) is 0 Å². The SMILES string of the molecule is O=S(O)O.[Pt+2]. The normalized spacial score (nSPS) is 7.00. The van der Waals surface area contributed by atoms with E-state index in [0.717, 1.165) is 0 Å². The zero-order valence-electron chi connectivity index (χ0n) is 2.03. The van der Waals surface area contributed by atoms with Crippen LogP contribution in [0.5, 0.6) is 0 Å². The molecule has 0 rings (SSSR count). The summed E-state index contributed by atoms with van der Waals surface area (Å²) in [4.78, 5) is 0. The predicted octanol–water partition coefficient (Wildman–Crippen LogP) is -0.321. The fourth-order valence-corrected chi connectivity index (χ4v) is 0. The maximum absolute atomic E-state index is 8.67. The van der Waals surface area contributed by atoms with Crippen LogP contribution < -0.4 is 0 Å². The molecule has 0 bridgehead atoms. The maximum Gasteiger partial charge on any atom is 2.00 e. The molecule has 34 valence electrons. The molecule has 0 aliphatic carbocycles. The van der Waals surface area contributed by atoms with Crippen molar-refractivity contribution >= 4 is 11.4 Å². The van der Waals surface area contributed by atoms with Crippen LogP contribution in [0.25, 0.3) is 0 Å². The Morgan fingerprint density at radius 1 is 1.40 bits per heavy atom. The molecule has 0 heterocycles. The second-order valence-corrected chi connectivity index (χ2v) is 0.692. The molecule has 0 radical (unpaired) electrons. The largest absolute Gasteiger partial charge is 2.00 e. The van der Waals surface area contributed by atoms with E-state index in [0.29, 0.717) is 0 Å². The first kappa shape index (κ1) is 9.23. The Bertz CT molecular complexity index is 29.9. The van der Waals surface area contributed by atoms with Gasteiger partial charge in [-0.25, -0.2) is 0 Å². The van der Waals surface area contributed by atoms with Gasteiger partial charge in [-0.05, 0) is 0 Å². The van der Waals surface area contributed by atoms with Crippen molar-refractivity contribution in [2.75, 3.05) is 0 Å². The van der Waals surface area contributed by atoms with Crippen LogP contribution in [-0.4, -0.2) is 13.3 Å². The van der Waals surface area contributed by atoms with Crippen molar-refractivity contribution in [2.24, 2.45) is 0 Å².